The quantitative estimate of drug-likeness (QED) is 0.765. The van der Waals surface area contributed by atoms with E-state index in [2.05, 4.69) is 4.37 Å². The predicted molar refractivity (Wildman–Crippen MR) is 65.3 cm³/mol. The highest BCUT2D eigenvalue weighted by Gasteiger charge is 2.29. The Labute approximate surface area is 103 Å². The molecule has 0 spiro atoms. The lowest BCUT2D eigenvalue weighted by molar-refractivity contribution is 0.0528. The number of ether oxygens (including phenoxy) is 1. The third-order valence-corrected chi connectivity index (χ3v) is 3.55. The van der Waals surface area contributed by atoms with Crippen molar-refractivity contribution in [2.75, 3.05) is 30.3 Å². The molecule has 2 heterocycles. The van der Waals surface area contributed by atoms with E-state index in [1.165, 1.54) is 11.5 Å². The van der Waals surface area contributed by atoms with Crippen LogP contribution < -0.4 is 10.6 Å². The van der Waals surface area contributed by atoms with Crippen molar-refractivity contribution < 1.29 is 14.6 Å². The molecule has 1 aromatic rings. The number of aliphatic hydroxyl groups excluding tert-OH is 1. The number of nitrogen functional groups attached to an aromatic ring is 1. The van der Waals surface area contributed by atoms with Crippen molar-refractivity contribution in [2.24, 2.45) is 0 Å². The van der Waals surface area contributed by atoms with Gasteiger partial charge in [0.2, 0.25) is 0 Å². The van der Waals surface area contributed by atoms with E-state index in [0.717, 1.165) is 0 Å². The molecule has 2 rings (SSSR count). The van der Waals surface area contributed by atoms with Crippen molar-refractivity contribution in [1.82, 2.24) is 4.37 Å². The second-order valence-corrected chi connectivity index (χ2v) is 4.61. The number of nitrogens with zero attached hydrogens (tertiary/aromatic N) is 2. The molecule has 1 saturated heterocycles. The first-order valence-corrected chi connectivity index (χ1v) is 6.26. The normalized spacial score (nSPS) is 19.6. The Bertz CT molecular complexity index is 421. The lowest BCUT2D eigenvalue weighted by atomic mass is 10.3. The molecule has 1 aromatic heterocycles. The fraction of sp³-hybridized carbons (Fsp3) is 0.600. The Kier molecular flexibility index (Phi) is 3.49. The van der Waals surface area contributed by atoms with Gasteiger partial charge in [0.25, 0.3) is 0 Å². The number of anilines is 2. The van der Waals surface area contributed by atoms with E-state index in [1.807, 2.05) is 4.90 Å². The molecule has 1 atom stereocenters. The highest BCUT2D eigenvalue weighted by molar-refractivity contribution is 7.11. The van der Waals surface area contributed by atoms with Gasteiger partial charge in [-0.2, -0.15) is 4.37 Å². The zero-order valence-corrected chi connectivity index (χ0v) is 10.4. The minimum Gasteiger partial charge on any atom is -0.462 e. The Balaban J connectivity index is 2.26. The molecular weight excluding hydrogens is 242 g/mol. The fourth-order valence-corrected chi connectivity index (χ4v) is 2.67. The van der Waals surface area contributed by atoms with Crippen molar-refractivity contribution in [1.29, 1.82) is 0 Å². The molecule has 1 fully saturated rings. The number of esters is 1. The maximum Gasteiger partial charge on any atom is 0.345 e. The number of hydrogen-bond donors (Lipinski definition) is 2. The summed E-state index contributed by atoms with van der Waals surface area (Å²) < 4.78 is 8.94. The predicted octanol–water partition coefficient (Wildman–Crippen LogP) is 0.473. The lowest BCUT2D eigenvalue weighted by Gasteiger charge is -2.16. The van der Waals surface area contributed by atoms with Crippen LogP contribution in [0.4, 0.5) is 10.8 Å². The van der Waals surface area contributed by atoms with Gasteiger partial charge in [-0.1, -0.05) is 0 Å². The first kappa shape index (κ1) is 12.1. The molecule has 1 aliphatic heterocycles. The molecule has 0 saturated carbocycles. The van der Waals surface area contributed by atoms with E-state index in [0.29, 0.717) is 36.7 Å². The molecule has 94 valence electrons. The van der Waals surface area contributed by atoms with E-state index in [9.17, 15) is 9.90 Å². The van der Waals surface area contributed by atoms with Crippen molar-refractivity contribution in [3.63, 3.8) is 0 Å². The first-order valence-electron chi connectivity index (χ1n) is 5.48. The fourth-order valence-electron chi connectivity index (χ4n) is 1.83. The van der Waals surface area contributed by atoms with Crippen molar-refractivity contribution in [2.45, 2.75) is 19.4 Å². The highest BCUT2D eigenvalue weighted by Crippen LogP contribution is 2.33. The van der Waals surface area contributed by atoms with Crippen LogP contribution in [0.3, 0.4) is 0 Å². The Morgan fingerprint density at radius 2 is 2.53 bits per heavy atom. The van der Waals surface area contributed by atoms with E-state index in [-0.39, 0.29) is 11.9 Å². The van der Waals surface area contributed by atoms with Gasteiger partial charge < -0.3 is 20.5 Å². The molecule has 0 bridgehead atoms. The number of aliphatic hydroxyl groups is 1. The van der Waals surface area contributed by atoms with Crippen LogP contribution in [0, 0.1) is 0 Å². The van der Waals surface area contributed by atoms with Gasteiger partial charge in [0, 0.05) is 13.1 Å². The summed E-state index contributed by atoms with van der Waals surface area (Å²) in [6, 6.07) is 0. The largest absolute Gasteiger partial charge is 0.462 e. The van der Waals surface area contributed by atoms with Crippen molar-refractivity contribution in [3.8, 4) is 0 Å². The maximum atomic E-state index is 11.8. The number of β-amino-alcohol motifs (C(OH)–C–C–N with tert-alkyl or cyclic N) is 1. The molecule has 0 aromatic carbocycles. The number of carbonyl (C=O) groups excluding carboxylic acids is 1. The minimum atomic E-state index is -0.449. The molecule has 1 unspecified atom stereocenters. The van der Waals surface area contributed by atoms with Crippen LogP contribution in [0.1, 0.15) is 23.7 Å². The summed E-state index contributed by atoms with van der Waals surface area (Å²) in [5, 5.41) is 10.2. The summed E-state index contributed by atoms with van der Waals surface area (Å²) in [4.78, 5) is 13.7. The molecular formula is C10H15N3O3S. The summed E-state index contributed by atoms with van der Waals surface area (Å²) in [6.07, 6.45) is 0.341. The SMILES string of the molecule is CCOC(=O)c1c(N)nsc1N1CCC(O)C1. The van der Waals surface area contributed by atoms with Crippen molar-refractivity contribution >= 4 is 28.3 Å². The molecule has 0 amide bonds. The van der Waals surface area contributed by atoms with Crippen LogP contribution >= 0.6 is 11.5 Å². The monoisotopic (exact) mass is 257 g/mol. The van der Waals surface area contributed by atoms with Crippen LogP contribution in [-0.4, -0.2) is 41.2 Å². The van der Waals surface area contributed by atoms with Gasteiger partial charge in [0.15, 0.2) is 5.82 Å². The average Bonchev–Trinajstić information content (AvgIpc) is 2.85. The Morgan fingerprint density at radius 1 is 1.76 bits per heavy atom. The topological polar surface area (TPSA) is 88.7 Å². The maximum absolute atomic E-state index is 11.8. The van der Waals surface area contributed by atoms with Crippen LogP contribution in [-0.2, 0) is 4.74 Å². The summed E-state index contributed by atoms with van der Waals surface area (Å²) >= 11 is 1.17. The third kappa shape index (κ3) is 2.34. The molecule has 0 radical (unpaired) electrons. The molecule has 0 aliphatic carbocycles. The molecule has 17 heavy (non-hydrogen) atoms. The van der Waals surface area contributed by atoms with E-state index >= 15 is 0 Å². The van der Waals surface area contributed by atoms with Crippen molar-refractivity contribution in [3.05, 3.63) is 5.56 Å². The van der Waals surface area contributed by atoms with Gasteiger partial charge in [0.1, 0.15) is 10.6 Å². The molecule has 6 nitrogen and oxygen atoms in total. The summed E-state index contributed by atoms with van der Waals surface area (Å²) in [5.41, 5.74) is 6.01. The van der Waals surface area contributed by atoms with Crippen LogP contribution in [0.15, 0.2) is 0 Å². The zero-order valence-electron chi connectivity index (χ0n) is 9.55. The van der Waals surface area contributed by atoms with E-state index in [1.54, 1.807) is 6.92 Å². The summed E-state index contributed by atoms with van der Waals surface area (Å²) in [7, 11) is 0. The van der Waals surface area contributed by atoms with Crippen LogP contribution in [0.25, 0.3) is 0 Å². The van der Waals surface area contributed by atoms with Gasteiger partial charge in [-0.25, -0.2) is 4.79 Å². The first-order chi connectivity index (χ1) is 8.13. The molecule has 1 aliphatic rings. The number of nitrogens with two attached hydrogens (primary N) is 1. The zero-order chi connectivity index (χ0) is 12.4. The summed E-state index contributed by atoms with van der Waals surface area (Å²) in [5.74, 6) is -0.250. The second kappa shape index (κ2) is 4.89. The second-order valence-electron chi connectivity index (χ2n) is 3.86. The molecule has 3 N–H and O–H groups in total. The van der Waals surface area contributed by atoms with E-state index in [4.69, 9.17) is 10.5 Å². The Morgan fingerprint density at radius 3 is 3.12 bits per heavy atom. The standard InChI is InChI=1S/C10H15N3O3S/c1-2-16-10(15)7-8(11)12-17-9(7)13-4-3-6(14)5-13/h6,14H,2-5H2,1H3,(H2,11,12). The van der Waals surface area contributed by atoms with E-state index < -0.39 is 5.97 Å². The Hall–Kier alpha value is -1.34. The summed E-state index contributed by atoms with van der Waals surface area (Å²) in [6.45, 7) is 3.26. The minimum absolute atomic E-state index is 0.199. The lowest BCUT2D eigenvalue weighted by Crippen LogP contribution is -2.22. The number of carbonyl (C=O) groups is 1. The number of aromatic nitrogens is 1. The average molecular weight is 257 g/mol. The third-order valence-electron chi connectivity index (χ3n) is 2.63. The van der Waals surface area contributed by atoms with Crippen LogP contribution in [0.2, 0.25) is 0 Å². The van der Waals surface area contributed by atoms with Gasteiger partial charge >= 0.3 is 5.97 Å². The number of rotatable bonds is 3. The smallest absolute Gasteiger partial charge is 0.345 e. The number of hydrogen-bond acceptors (Lipinski definition) is 7. The van der Waals surface area contributed by atoms with Gasteiger partial charge in [-0.05, 0) is 24.9 Å². The molecule has 7 heteroatoms. The van der Waals surface area contributed by atoms with Gasteiger partial charge in [-0.15, -0.1) is 0 Å². The highest BCUT2D eigenvalue weighted by atomic mass is 32.1. The van der Waals surface area contributed by atoms with Gasteiger partial charge in [-0.3, -0.25) is 0 Å². The van der Waals surface area contributed by atoms with Crippen LogP contribution in [0.5, 0.6) is 0 Å². The van der Waals surface area contributed by atoms with Gasteiger partial charge in [0.05, 0.1) is 12.7 Å².